The normalized spacial score (nSPS) is 27.4. The van der Waals surface area contributed by atoms with E-state index in [1.165, 1.54) is 29.2 Å². The molecular weight excluding hydrogens is 373 g/mol. The summed E-state index contributed by atoms with van der Waals surface area (Å²) >= 11 is 0. The van der Waals surface area contributed by atoms with E-state index < -0.39 is 5.82 Å². The van der Waals surface area contributed by atoms with E-state index in [1.54, 1.807) is 24.3 Å². The average Bonchev–Trinajstić information content (AvgIpc) is 3.41. The van der Waals surface area contributed by atoms with Gasteiger partial charge in [0.05, 0.1) is 17.5 Å². The standard InChI is InChI=1S/C23H20FNO4/c24-16-8-6-13(7-9-16)19(26)12-29-18-3-1-2-17(11-18)25-22(27)20-14-4-5-15(10-14)21(20)23(25)28/h1-3,6-9,11,14-15,20-21H,4-5,10,12H2/t14-,15+,20-,21+. The number of carbonyl (C=O) groups excluding carboxylic acids is 3. The minimum Gasteiger partial charge on any atom is -0.485 e. The summed E-state index contributed by atoms with van der Waals surface area (Å²) in [7, 11) is 0. The van der Waals surface area contributed by atoms with Gasteiger partial charge in [-0.3, -0.25) is 14.4 Å². The van der Waals surface area contributed by atoms with E-state index in [0.717, 1.165) is 19.3 Å². The van der Waals surface area contributed by atoms with Crippen LogP contribution in [-0.4, -0.2) is 24.2 Å². The minimum absolute atomic E-state index is 0.105. The molecule has 3 aliphatic rings. The number of fused-ring (bicyclic) bond motifs is 5. The quantitative estimate of drug-likeness (QED) is 0.575. The first kappa shape index (κ1) is 18.0. The molecular formula is C23H20FNO4. The van der Waals surface area contributed by atoms with Crippen LogP contribution in [0.15, 0.2) is 48.5 Å². The van der Waals surface area contributed by atoms with Crippen molar-refractivity contribution < 1.29 is 23.5 Å². The average molecular weight is 393 g/mol. The number of imide groups is 1. The van der Waals surface area contributed by atoms with Gasteiger partial charge in [0.1, 0.15) is 11.6 Å². The van der Waals surface area contributed by atoms with Crippen molar-refractivity contribution in [2.45, 2.75) is 19.3 Å². The van der Waals surface area contributed by atoms with Gasteiger partial charge in [0.15, 0.2) is 12.4 Å². The molecule has 3 fully saturated rings. The molecule has 6 heteroatoms. The zero-order chi connectivity index (χ0) is 20.1. The third kappa shape index (κ3) is 2.94. The summed E-state index contributed by atoms with van der Waals surface area (Å²) in [5.41, 5.74) is 0.844. The second-order valence-electron chi connectivity index (χ2n) is 8.11. The third-order valence-corrected chi connectivity index (χ3v) is 6.54. The van der Waals surface area contributed by atoms with E-state index in [9.17, 15) is 18.8 Å². The number of halogens is 1. The molecule has 0 spiro atoms. The maximum absolute atomic E-state index is 13.0. The number of anilines is 1. The van der Waals surface area contributed by atoms with Gasteiger partial charge >= 0.3 is 0 Å². The fourth-order valence-corrected chi connectivity index (χ4v) is 5.24. The fourth-order valence-electron chi connectivity index (χ4n) is 5.24. The molecule has 29 heavy (non-hydrogen) atoms. The third-order valence-electron chi connectivity index (χ3n) is 6.54. The highest BCUT2D eigenvalue weighted by atomic mass is 19.1. The molecule has 2 saturated carbocycles. The van der Waals surface area contributed by atoms with Crippen molar-refractivity contribution >= 4 is 23.3 Å². The lowest BCUT2D eigenvalue weighted by atomic mass is 9.81. The topological polar surface area (TPSA) is 63.7 Å². The van der Waals surface area contributed by atoms with Crippen LogP contribution in [0, 0.1) is 29.5 Å². The van der Waals surface area contributed by atoms with Crippen LogP contribution in [0.4, 0.5) is 10.1 Å². The van der Waals surface area contributed by atoms with Crippen LogP contribution in [0.2, 0.25) is 0 Å². The van der Waals surface area contributed by atoms with Gasteiger partial charge in [-0.25, -0.2) is 9.29 Å². The molecule has 2 amide bonds. The number of nitrogens with zero attached hydrogens (tertiary/aromatic N) is 1. The fraction of sp³-hybridized carbons (Fsp3) is 0.348. The number of hydrogen-bond donors (Lipinski definition) is 0. The number of ether oxygens (including phenoxy) is 1. The van der Waals surface area contributed by atoms with Gasteiger partial charge in [0.2, 0.25) is 11.8 Å². The molecule has 2 aliphatic carbocycles. The zero-order valence-corrected chi connectivity index (χ0v) is 15.7. The first-order valence-electron chi connectivity index (χ1n) is 9.92. The van der Waals surface area contributed by atoms with Crippen LogP contribution in [-0.2, 0) is 9.59 Å². The van der Waals surface area contributed by atoms with Gasteiger partial charge in [-0.05, 0) is 67.5 Å². The van der Waals surface area contributed by atoms with Gasteiger partial charge in [0.25, 0.3) is 0 Å². The molecule has 0 aromatic heterocycles. The van der Waals surface area contributed by atoms with Gasteiger partial charge < -0.3 is 4.74 Å². The Balaban J connectivity index is 1.31. The van der Waals surface area contributed by atoms with E-state index >= 15 is 0 Å². The summed E-state index contributed by atoms with van der Waals surface area (Å²) in [6.07, 6.45) is 3.07. The van der Waals surface area contributed by atoms with Crippen molar-refractivity contribution in [1.29, 1.82) is 0 Å². The van der Waals surface area contributed by atoms with Crippen LogP contribution in [0.5, 0.6) is 5.75 Å². The maximum atomic E-state index is 13.0. The molecule has 5 rings (SSSR count). The van der Waals surface area contributed by atoms with E-state index in [1.807, 2.05) is 0 Å². The minimum atomic E-state index is -0.409. The summed E-state index contributed by atoms with van der Waals surface area (Å²) in [4.78, 5) is 39.4. The van der Waals surface area contributed by atoms with E-state index in [4.69, 9.17) is 4.74 Å². The van der Waals surface area contributed by atoms with E-state index in [0.29, 0.717) is 28.8 Å². The summed E-state index contributed by atoms with van der Waals surface area (Å²) in [5.74, 6) is -0.185. The lowest BCUT2D eigenvalue weighted by molar-refractivity contribution is -0.123. The molecule has 4 atom stereocenters. The number of hydrogen-bond acceptors (Lipinski definition) is 4. The first-order valence-corrected chi connectivity index (χ1v) is 9.92. The maximum Gasteiger partial charge on any atom is 0.237 e. The number of rotatable bonds is 5. The largest absolute Gasteiger partial charge is 0.485 e. The molecule has 0 unspecified atom stereocenters. The highest BCUT2D eigenvalue weighted by Gasteiger charge is 2.61. The number of benzene rings is 2. The van der Waals surface area contributed by atoms with E-state index in [-0.39, 0.29) is 36.0 Å². The van der Waals surface area contributed by atoms with Crippen molar-refractivity contribution in [3.63, 3.8) is 0 Å². The molecule has 5 nitrogen and oxygen atoms in total. The van der Waals surface area contributed by atoms with E-state index in [2.05, 4.69) is 0 Å². The Labute approximate surface area is 167 Å². The van der Waals surface area contributed by atoms with Crippen molar-refractivity contribution in [2.75, 3.05) is 11.5 Å². The molecule has 1 saturated heterocycles. The Morgan fingerprint density at radius 1 is 1.00 bits per heavy atom. The highest BCUT2D eigenvalue weighted by molar-refractivity contribution is 6.22. The summed E-state index contributed by atoms with van der Waals surface area (Å²) < 4.78 is 18.6. The molecule has 0 radical (unpaired) electrons. The molecule has 2 bridgehead atoms. The summed E-state index contributed by atoms with van der Waals surface area (Å²) in [5, 5.41) is 0. The van der Waals surface area contributed by atoms with Crippen LogP contribution < -0.4 is 9.64 Å². The Bertz CT molecular complexity index is 974. The predicted molar refractivity (Wildman–Crippen MR) is 103 cm³/mol. The van der Waals surface area contributed by atoms with Crippen molar-refractivity contribution in [3.05, 3.63) is 59.9 Å². The van der Waals surface area contributed by atoms with Gasteiger partial charge in [-0.1, -0.05) is 6.07 Å². The second kappa shape index (κ2) is 6.79. The van der Waals surface area contributed by atoms with Gasteiger partial charge in [0, 0.05) is 11.6 Å². The molecule has 148 valence electrons. The lowest BCUT2D eigenvalue weighted by Crippen LogP contribution is -2.32. The van der Waals surface area contributed by atoms with Crippen LogP contribution in [0.25, 0.3) is 0 Å². The SMILES string of the molecule is O=C(COc1cccc(N2C(=O)[C@@H]3[C@@H]4CC[C@@H](C4)[C@@H]3C2=O)c1)c1ccc(F)cc1. The molecule has 0 N–H and O–H groups in total. The smallest absolute Gasteiger partial charge is 0.237 e. The van der Waals surface area contributed by atoms with Crippen LogP contribution >= 0.6 is 0 Å². The molecule has 1 aliphatic heterocycles. The Hall–Kier alpha value is -3.02. The number of carbonyl (C=O) groups is 3. The zero-order valence-electron chi connectivity index (χ0n) is 15.7. The van der Waals surface area contributed by atoms with Crippen molar-refractivity contribution in [3.8, 4) is 5.75 Å². The first-order chi connectivity index (χ1) is 14.0. The Morgan fingerprint density at radius 2 is 1.66 bits per heavy atom. The number of Topliss-reactive ketones (excluding diaryl/α,β-unsaturated/α-hetero) is 1. The van der Waals surface area contributed by atoms with Crippen LogP contribution in [0.3, 0.4) is 0 Å². The van der Waals surface area contributed by atoms with Crippen molar-refractivity contribution in [2.24, 2.45) is 23.7 Å². The van der Waals surface area contributed by atoms with Crippen LogP contribution in [0.1, 0.15) is 29.6 Å². The lowest BCUT2D eigenvalue weighted by Gasteiger charge is -2.19. The summed E-state index contributed by atoms with van der Waals surface area (Å²) in [6, 6.07) is 12.0. The molecule has 2 aromatic rings. The highest BCUT2D eigenvalue weighted by Crippen LogP contribution is 2.56. The predicted octanol–water partition coefficient (Wildman–Crippen LogP) is 3.62. The second-order valence-corrected chi connectivity index (χ2v) is 8.11. The molecule has 1 heterocycles. The van der Waals surface area contributed by atoms with Crippen molar-refractivity contribution in [1.82, 2.24) is 0 Å². The Morgan fingerprint density at radius 3 is 2.31 bits per heavy atom. The number of ketones is 1. The monoisotopic (exact) mass is 393 g/mol. The summed E-state index contributed by atoms with van der Waals surface area (Å²) in [6.45, 7) is -0.216. The molecule has 2 aromatic carbocycles. The Kier molecular flexibility index (Phi) is 4.23. The van der Waals surface area contributed by atoms with Gasteiger partial charge in [-0.2, -0.15) is 0 Å². The van der Waals surface area contributed by atoms with Gasteiger partial charge in [-0.15, -0.1) is 0 Å². The number of amides is 2.